The van der Waals surface area contributed by atoms with Crippen molar-refractivity contribution in [3.63, 3.8) is 0 Å². The van der Waals surface area contributed by atoms with Crippen LogP contribution in [0.4, 0.5) is 0 Å². The number of para-hydroxylation sites is 2. The molecule has 4 aromatic rings. The number of nitrogens with zero attached hydrogens (tertiary/aromatic N) is 3. The molecule has 0 saturated heterocycles. The fourth-order valence-corrected chi connectivity index (χ4v) is 6.38. The average molecular weight is 452 g/mol. The number of rotatable bonds is 6. The second-order valence-electron chi connectivity index (χ2n) is 7.88. The summed E-state index contributed by atoms with van der Waals surface area (Å²) in [4.78, 5) is 31.0. The van der Waals surface area contributed by atoms with Gasteiger partial charge in [0.15, 0.2) is 0 Å². The van der Waals surface area contributed by atoms with E-state index in [1.165, 1.54) is 15.3 Å². The zero-order chi connectivity index (χ0) is 21.4. The van der Waals surface area contributed by atoms with E-state index in [9.17, 15) is 9.59 Å². The maximum atomic E-state index is 13.4. The Kier molecular flexibility index (Phi) is 5.54. The standard InChI is InChI=1S/C24H25N3O2S2/c1-2-12-25-18-6-3-4-7-19(18)26(24(25)29)14-10-22(28)27-13-9-20-17(11-16-31-20)23(27)21-8-5-15-30-21/h3-8,11,15-16,23H,2,9-10,12-14H2,1H3/t23-/m1/s1. The molecule has 0 bridgehead atoms. The third-order valence-electron chi connectivity index (χ3n) is 6.02. The third-order valence-corrected chi connectivity index (χ3v) is 7.94. The van der Waals surface area contributed by atoms with E-state index in [-0.39, 0.29) is 17.6 Å². The highest BCUT2D eigenvalue weighted by Gasteiger charge is 2.33. The number of carbonyl (C=O) groups excluding carboxylic acids is 1. The van der Waals surface area contributed by atoms with E-state index in [0.29, 0.717) is 19.5 Å². The van der Waals surface area contributed by atoms with Crippen LogP contribution in [-0.4, -0.2) is 26.5 Å². The van der Waals surface area contributed by atoms with Gasteiger partial charge in [0.25, 0.3) is 0 Å². The van der Waals surface area contributed by atoms with Crippen LogP contribution in [0.15, 0.2) is 58.0 Å². The lowest BCUT2D eigenvalue weighted by atomic mass is 9.98. The Morgan fingerprint density at radius 2 is 1.77 bits per heavy atom. The molecule has 5 nitrogen and oxygen atoms in total. The van der Waals surface area contributed by atoms with Crippen LogP contribution in [0, 0.1) is 0 Å². The Hall–Kier alpha value is -2.64. The van der Waals surface area contributed by atoms with Crippen LogP contribution in [0.5, 0.6) is 0 Å². The summed E-state index contributed by atoms with van der Waals surface area (Å²) < 4.78 is 3.59. The van der Waals surface area contributed by atoms with Gasteiger partial charge in [-0.3, -0.25) is 13.9 Å². The highest BCUT2D eigenvalue weighted by atomic mass is 32.1. The molecule has 0 saturated carbocycles. The minimum absolute atomic E-state index is 0.0133. The number of aromatic nitrogens is 2. The Bertz CT molecular complexity index is 1270. The van der Waals surface area contributed by atoms with Crippen LogP contribution in [0.1, 0.15) is 41.1 Å². The average Bonchev–Trinajstić information content (AvgIpc) is 3.53. The van der Waals surface area contributed by atoms with Crippen LogP contribution in [-0.2, 0) is 24.3 Å². The van der Waals surface area contributed by atoms with Crippen molar-refractivity contribution < 1.29 is 4.79 Å². The third kappa shape index (κ3) is 3.55. The number of thiophene rings is 2. The molecule has 1 amide bonds. The predicted molar refractivity (Wildman–Crippen MR) is 127 cm³/mol. The highest BCUT2D eigenvalue weighted by Crippen LogP contribution is 2.39. The van der Waals surface area contributed by atoms with E-state index >= 15 is 0 Å². The first-order valence-corrected chi connectivity index (χ1v) is 12.5. The van der Waals surface area contributed by atoms with Crippen LogP contribution >= 0.6 is 22.7 Å². The maximum absolute atomic E-state index is 13.4. The second-order valence-corrected chi connectivity index (χ2v) is 9.86. The number of aryl methyl sites for hydroxylation is 2. The van der Waals surface area contributed by atoms with Crippen molar-refractivity contribution >= 4 is 39.6 Å². The number of fused-ring (bicyclic) bond motifs is 2. The van der Waals surface area contributed by atoms with Gasteiger partial charge in [-0.1, -0.05) is 25.1 Å². The van der Waals surface area contributed by atoms with Gasteiger partial charge < -0.3 is 4.90 Å². The second kappa shape index (κ2) is 8.48. The van der Waals surface area contributed by atoms with Gasteiger partial charge in [0, 0.05) is 35.8 Å². The Balaban J connectivity index is 1.42. The number of amides is 1. The van der Waals surface area contributed by atoms with Crippen molar-refractivity contribution in [2.24, 2.45) is 0 Å². The van der Waals surface area contributed by atoms with Crippen molar-refractivity contribution in [3.05, 3.63) is 79.0 Å². The molecule has 1 aliphatic rings. The first-order chi connectivity index (χ1) is 15.2. The minimum atomic E-state index is -0.0237. The Morgan fingerprint density at radius 3 is 2.48 bits per heavy atom. The molecule has 1 atom stereocenters. The van der Waals surface area contributed by atoms with Gasteiger partial charge >= 0.3 is 5.69 Å². The van der Waals surface area contributed by atoms with Gasteiger partial charge in [-0.25, -0.2) is 4.79 Å². The molecule has 0 N–H and O–H groups in total. The highest BCUT2D eigenvalue weighted by molar-refractivity contribution is 7.10. The van der Waals surface area contributed by atoms with Crippen molar-refractivity contribution in [1.29, 1.82) is 0 Å². The molecule has 160 valence electrons. The number of benzene rings is 1. The number of imidazole rings is 1. The smallest absolute Gasteiger partial charge is 0.329 e. The summed E-state index contributed by atoms with van der Waals surface area (Å²) in [6, 6.07) is 14.2. The van der Waals surface area contributed by atoms with Crippen LogP contribution in [0.2, 0.25) is 0 Å². The van der Waals surface area contributed by atoms with E-state index in [2.05, 4.69) is 29.8 Å². The molecule has 31 heavy (non-hydrogen) atoms. The van der Waals surface area contributed by atoms with Gasteiger partial charge in [0.1, 0.15) is 0 Å². The molecule has 5 rings (SSSR count). The monoisotopic (exact) mass is 451 g/mol. The minimum Gasteiger partial charge on any atom is -0.330 e. The van der Waals surface area contributed by atoms with Crippen molar-refractivity contribution in [2.75, 3.05) is 6.54 Å². The van der Waals surface area contributed by atoms with E-state index in [1.54, 1.807) is 27.2 Å². The van der Waals surface area contributed by atoms with Gasteiger partial charge in [-0.2, -0.15) is 0 Å². The van der Waals surface area contributed by atoms with Crippen LogP contribution < -0.4 is 5.69 Å². The quantitative estimate of drug-likeness (QED) is 0.419. The SMILES string of the molecule is CCCn1c(=O)n(CCC(=O)N2CCc3sccc3[C@@H]2c2cccs2)c2ccccc21. The van der Waals surface area contributed by atoms with Crippen LogP contribution in [0.25, 0.3) is 11.0 Å². The maximum Gasteiger partial charge on any atom is 0.329 e. The molecule has 4 heterocycles. The zero-order valence-corrected chi connectivity index (χ0v) is 19.1. The fourth-order valence-electron chi connectivity index (χ4n) is 4.62. The van der Waals surface area contributed by atoms with E-state index in [0.717, 1.165) is 30.4 Å². The van der Waals surface area contributed by atoms with Crippen molar-refractivity contribution in [2.45, 2.75) is 45.3 Å². The Morgan fingerprint density at radius 1 is 1.00 bits per heavy atom. The molecule has 7 heteroatoms. The lowest BCUT2D eigenvalue weighted by molar-refractivity contribution is -0.133. The van der Waals surface area contributed by atoms with Crippen LogP contribution in [0.3, 0.4) is 0 Å². The summed E-state index contributed by atoms with van der Waals surface area (Å²) in [5.74, 6) is 0.106. The number of hydrogen-bond acceptors (Lipinski definition) is 4. The zero-order valence-electron chi connectivity index (χ0n) is 17.5. The molecule has 0 unspecified atom stereocenters. The molecule has 0 aliphatic carbocycles. The molecule has 0 spiro atoms. The summed E-state index contributed by atoms with van der Waals surface area (Å²) in [7, 11) is 0. The molecule has 3 aromatic heterocycles. The lowest BCUT2D eigenvalue weighted by Gasteiger charge is -2.35. The van der Waals surface area contributed by atoms with Crippen molar-refractivity contribution in [3.8, 4) is 0 Å². The molecule has 1 aliphatic heterocycles. The largest absolute Gasteiger partial charge is 0.330 e. The number of carbonyl (C=O) groups is 1. The molecule has 1 aromatic carbocycles. The fraction of sp³-hybridized carbons (Fsp3) is 0.333. The van der Waals surface area contributed by atoms with E-state index < -0.39 is 0 Å². The van der Waals surface area contributed by atoms with E-state index in [1.807, 2.05) is 39.8 Å². The number of hydrogen-bond donors (Lipinski definition) is 0. The van der Waals surface area contributed by atoms with Gasteiger partial charge in [0.2, 0.25) is 5.91 Å². The molecule has 0 fully saturated rings. The summed E-state index contributed by atoms with van der Waals surface area (Å²) >= 11 is 3.48. The summed E-state index contributed by atoms with van der Waals surface area (Å²) in [6.07, 6.45) is 2.11. The molecular formula is C24H25N3O2S2. The van der Waals surface area contributed by atoms with Gasteiger partial charge in [-0.15, -0.1) is 22.7 Å². The summed E-state index contributed by atoms with van der Waals surface area (Å²) in [5, 5.41) is 4.20. The first-order valence-electron chi connectivity index (χ1n) is 10.8. The summed E-state index contributed by atoms with van der Waals surface area (Å²) in [5.41, 5.74) is 3.08. The normalized spacial score (nSPS) is 16.0. The van der Waals surface area contributed by atoms with Gasteiger partial charge in [0.05, 0.1) is 17.1 Å². The predicted octanol–water partition coefficient (Wildman–Crippen LogP) is 4.90. The summed E-state index contributed by atoms with van der Waals surface area (Å²) in [6.45, 7) is 3.89. The molecule has 0 radical (unpaired) electrons. The lowest BCUT2D eigenvalue weighted by Crippen LogP contribution is -2.40. The molecular weight excluding hydrogens is 426 g/mol. The van der Waals surface area contributed by atoms with Gasteiger partial charge in [-0.05, 0) is 53.4 Å². The van der Waals surface area contributed by atoms with Crippen molar-refractivity contribution in [1.82, 2.24) is 14.0 Å². The Labute approximate surface area is 189 Å². The first kappa shape index (κ1) is 20.3. The topological polar surface area (TPSA) is 47.2 Å². The van der Waals surface area contributed by atoms with E-state index in [4.69, 9.17) is 0 Å².